The number of rotatable bonds is 2. The van der Waals surface area contributed by atoms with Crippen molar-refractivity contribution in [1.29, 1.82) is 0 Å². The second-order valence-electron chi connectivity index (χ2n) is 3.27. The summed E-state index contributed by atoms with van der Waals surface area (Å²) in [6.07, 6.45) is 3.38. The molecule has 0 aromatic carbocycles. The fourth-order valence-electron chi connectivity index (χ4n) is 1.61. The Morgan fingerprint density at radius 2 is 2.29 bits per heavy atom. The van der Waals surface area contributed by atoms with Crippen LogP contribution in [0.2, 0.25) is 0 Å². The van der Waals surface area contributed by atoms with E-state index in [0.29, 0.717) is 6.41 Å². The van der Waals surface area contributed by atoms with Crippen molar-refractivity contribution in [2.45, 2.75) is 11.5 Å². The molecule has 14 heavy (non-hydrogen) atoms. The van der Waals surface area contributed by atoms with Gasteiger partial charge in [-0.15, -0.1) is 0 Å². The summed E-state index contributed by atoms with van der Waals surface area (Å²) in [5.74, 6) is -0.932. The second-order valence-corrected chi connectivity index (χ2v) is 3.27. The molecule has 8 N–H and O–H groups in total. The van der Waals surface area contributed by atoms with Crippen molar-refractivity contribution in [3.05, 3.63) is 23.7 Å². The van der Waals surface area contributed by atoms with E-state index < -0.39 is 11.5 Å². The van der Waals surface area contributed by atoms with Crippen molar-refractivity contribution in [3.63, 3.8) is 0 Å². The fourth-order valence-corrected chi connectivity index (χ4v) is 1.61. The summed E-state index contributed by atoms with van der Waals surface area (Å²) in [4.78, 5) is 10.3. The lowest BCUT2D eigenvalue weighted by atomic mass is 10.1. The van der Waals surface area contributed by atoms with Gasteiger partial charge in [0.05, 0.1) is 0 Å². The van der Waals surface area contributed by atoms with Gasteiger partial charge in [-0.05, 0) is 12.2 Å². The number of nitrogens with two attached hydrogens (primary N) is 2. The van der Waals surface area contributed by atoms with Gasteiger partial charge in [0.2, 0.25) is 6.41 Å². The lowest BCUT2D eigenvalue weighted by Gasteiger charge is -2.38. The maximum absolute atomic E-state index is 10.3. The Labute approximate surface area is 79.8 Å². The minimum atomic E-state index is -1.51. The van der Waals surface area contributed by atoms with E-state index in [1.165, 1.54) is 12.2 Å². The highest BCUT2D eigenvalue weighted by atomic mass is 16.3. The normalized spacial score (nSPS) is 39.6. The van der Waals surface area contributed by atoms with E-state index in [9.17, 15) is 9.90 Å². The maximum Gasteiger partial charge on any atom is 0.211 e. The first-order chi connectivity index (χ1) is 6.49. The van der Waals surface area contributed by atoms with E-state index in [0.717, 1.165) is 0 Å². The van der Waals surface area contributed by atoms with Crippen LogP contribution in [0.3, 0.4) is 0 Å². The van der Waals surface area contributed by atoms with Gasteiger partial charge in [0, 0.05) is 0 Å². The van der Waals surface area contributed by atoms with Crippen LogP contribution in [0.5, 0.6) is 0 Å². The largest absolute Gasteiger partial charge is 0.384 e. The summed E-state index contributed by atoms with van der Waals surface area (Å²) in [7, 11) is 0. The van der Waals surface area contributed by atoms with Crippen LogP contribution in [-0.2, 0) is 4.79 Å². The third kappa shape index (κ3) is 1.07. The Morgan fingerprint density at radius 1 is 1.57 bits per heavy atom. The molecule has 2 bridgehead atoms. The van der Waals surface area contributed by atoms with Crippen molar-refractivity contribution in [2.75, 3.05) is 0 Å². The van der Waals surface area contributed by atoms with E-state index in [1.807, 2.05) is 0 Å². The van der Waals surface area contributed by atoms with Gasteiger partial charge >= 0.3 is 0 Å². The Morgan fingerprint density at radius 3 is 2.93 bits per heavy atom. The lowest BCUT2D eigenvalue weighted by Crippen LogP contribution is -2.71. The molecular weight excluding hydrogens is 186 g/mol. The summed E-state index contributed by atoms with van der Waals surface area (Å²) in [6, 6.07) is 0. The molecule has 2 aliphatic heterocycles. The van der Waals surface area contributed by atoms with Crippen molar-refractivity contribution >= 4 is 6.41 Å². The van der Waals surface area contributed by atoms with Gasteiger partial charge in [-0.3, -0.25) is 10.5 Å². The maximum atomic E-state index is 10.3. The summed E-state index contributed by atoms with van der Waals surface area (Å²) in [5.41, 5.74) is 9.95. The molecule has 7 nitrogen and oxygen atoms in total. The number of fused-ring (bicyclic) bond motifs is 2. The molecule has 2 heterocycles. The topological polar surface area (TPSA) is 125 Å². The molecule has 2 atom stereocenters. The van der Waals surface area contributed by atoms with Gasteiger partial charge in [-0.2, -0.15) is 0 Å². The molecule has 0 saturated carbocycles. The summed E-state index contributed by atoms with van der Waals surface area (Å²) < 4.78 is 0. The molecule has 0 aromatic rings. The van der Waals surface area contributed by atoms with Crippen LogP contribution < -0.4 is 27.4 Å². The van der Waals surface area contributed by atoms with Crippen LogP contribution in [0.15, 0.2) is 23.7 Å². The molecule has 0 aliphatic carbocycles. The van der Waals surface area contributed by atoms with E-state index in [-0.39, 0.29) is 11.5 Å². The number of hydrogen-bond acceptors (Lipinski definition) is 6. The van der Waals surface area contributed by atoms with E-state index in [2.05, 4.69) is 16.0 Å². The number of nitrogens with one attached hydrogen (secondary N) is 3. The van der Waals surface area contributed by atoms with Crippen molar-refractivity contribution in [2.24, 2.45) is 11.5 Å². The van der Waals surface area contributed by atoms with E-state index >= 15 is 0 Å². The van der Waals surface area contributed by atoms with Crippen molar-refractivity contribution in [1.82, 2.24) is 16.0 Å². The van der Waals surface area contributed by atoms with Crippen LogP contribution in [0.25, 0.3) is 0 Å². The molecule has 0 spiro atoms. The zero-order valence-corrected chi connectivity index (χ0v) is 7.24. The SMILES string of the molecule is NC1=C(NC=O)C2(O)C=CC(N)(N1)N2. The zero-order valence-electron chi connectivity index (χ0n) is 7.24. The van der Waals surface area contributed by atoms with Gasteiger partial charge in [0.25, 0.3) is 0 Å². The quantitative estimate of drug-likeness (QED) is 0.206. The predicted octanol–water partition coefficient (Wildman–Crippen LogP) is -3.08. The van der Waals surface area contributed by atoms with E-state index in [4.69, 9.17) is 11.5 Å². The van der Waals surface area contributed by atoms with Gasteiger partial charge in [0.15, 0.2) is 11.5 Å². The molecule has 76 valence electrons. The van der Waals surface area contributed by atoms with Crippen molar-refractivity contribution < 1.29 is 9.90 Å². The molecule has 0 aromatic heterocycles. The monoisotopic (exact) mass is 197 g/mol. The van der Waals surface area contributed by atoms with Crippen molar-refractivity contribution in [3.8, 4) is 0 Å². The first-order valence-corrected chi connectivity index (χ1v) is 3.99. The average Bonchev–Trinajstić information content (AvgIpc) is 2.34. The number of aliphatic hydroxyl groups is 1. The number of carbonyl (C=O) groups excluding carboxylic acids is 1. The van der Waals surface area contributed by atoms with Crippen LogP contribution in [0.4, 0.5) is 0 Å². The standard InChI is InChI=1S/C7H11N5O2/c8-5-4(10-3-13)6(14)1-2-7(9,11-5)12-6/h1-3,11-12,14H,8-9H2,(H,10,13). The van der Waals surface area contributed by atoms with Gasteiger partial charge in [0.1, 0.15) is 11.5 Å². The zero-order chi connectivity index (χ0) is 10.4. The Hall–Kier alpha value is -1.57. The molecule has 2 unspecified atom stereocenters. The first kappa shape index (κ1) is 9.00. The Bertz CT molecular complexity index is 352. The fraction of sp³-hybridized carbons (Fsp3) is 0.286. The van der Waals surface area contributed by atoms with Gasteiger partial charge in [-0.1, -0.05) is 0 Å². The van der Waals surface area contributed by atoms with Crippen LogP contribution in [0.1, 0.15) is 0 Å². The Kier molecular flexibility index (Phi) is 1.59. The number of carbonyl (C=O) groups is 1. The van der Waals surface area contributed by atoms with Crippen LogP contribution in [-0.4, -0.2) is 23.0 Å². The smallest absolute Gasteiger partial charge is 0.211 e. The average molecular weight is 197 g/mol. The first-order valence-electron chi connectivity index (χ1n) is 3.99. The molecule has 7 heteroatoms. The lowest BCUT2D eigenvalue weighted by molar-refractivity contribution is -0.109. The van der Waals surface area contributed by atoms with Gasteiger partial charge in [-0.25, -0.2) is 5.32 Å². The van der Waals surface area contributed by atoms with Crippen LogP contribution in [0, 0.1) is 0 Å². The highest BCUT2D eigenvalue weighted by Crippen LogP contribution is 2.27. The third-order valence-corrected chi connectivity index (χ3v) is 2.18. The summed E-state index contributed by atoms with van der Waals surface area (Å²) in [6.45, 7) is 0. The Balaban J connectivity index is 2.43. The van der Waals surface area contributed by atoms with Gasteiger partial charge < -0.3 is 21.5 Å². The molecule has 0 fully saturated rings. The minimum absolute atomic E-state index is 0.130. The summed E-state index contributed by atoms with van der Waals surface area (Å²) >= 11 is 0. The number of hydrogen-bond donors (Lipinski definition) is 6. The highest BCUT2D eigenvalue weighted by molar-refractivity contribution is 5.54. The highest BCUT2D eigenvalue weighted by Gasteiger charge is 2.47. The molecule has 2 aliphatic rings. The molecule has 0 radical (unpaired) electrons. The third-order valence-electron chi connectivity index (χ3n) is 2.18. The molecule has 2 rings (SSSR count). The van der Waals surface area contributed by atoms with E-state index in [1.54, 1.807) is 0 Å². The predicted molar refractivity (Wildman–Crippen MR) is 47.7 cm³/mol. The molecule has 0 saturated heterocycles. The molecule has 1 amide bonds. The number of amides is 1. The summed E-state index contributed by atoms with van der Waals surface area (Å²) in [5, 5.41) is 17.6. The minimum Gasteiger partial charge on any atom is -0.384 e. The van der Waals surface area contributed by atoms with Crippen LogP contribution >= 0.6 is 0 Å². The molecular formula is C7H11N5O2. The second kappa shape index (κ2) is 2.47.